The molecule has 0 saturated heterocycles. The van der Waals surface area contributed by atoms with E-state index in [0.29, 0.717) is 0 Å². The Hall–Kier alpha value is -0.113. The van der Waals surface area contributed by atoms with Crippen molar-refractivity contribution in [3.8, 4) is 11.5 Å². The molecule has 0 aromatic carbocycles. The zero-order valence-corrected chi connectivity index (χ0v) is 10.7. The van der Waals surface area contributed by atoms with Gasteiger partial charge in [0.2, 0.25) is 0 Å². The highest BCUT2D eigenvalue weighted by Crippen LogP contribution is 2.15. The second kappa shape index (κ2) is 3.73. The van der Waals surface area contributed by atoms with Crippen LogP contribution in [0.1, 0.15) is 5.69 Å². The number of thiazole rings is 1. The standard InChI is InChI=1S/C8H10BrNSSi/c1-12(2,3)5-4-7-6-11-8(9)10-7/h6H,1-3H3. The summed E-state index contributed by atoms with van der Waals surface area (Å²) in [5.41, 5.74) is 4.15. The SMILES string of the molecule is C[Si](C)(C)C#Cc1csc(Br)n1. The van der Waals surface area contributed by atoms with Crippen LogP contribution in [0.5, 0.6) is 0 Å². The van der Waals surface area contributed by atoms with Crippen molar-refractivity contribution in [2.45, 2.75) is 19.6 Å². The molecule has 0 bridgehead atoms. The minimum atomic E-state index is -1.24. The highest BCUT2D eigenvalue weighted by molar-refractivity contribution is 9.11. The molecule has 64 valence electrons. The van der Waals surface area contributed by atoms with Crippen molar-refractivity contribution in [3.05, 3.63) is 15.0 Å². The lowest BCUT2D eigenvalue weighted by Gasteiger charge is -2.02. The molecule has 0 aliphatic carbocycles. The van der Waals surface area contributed by atoms with Gasteiger partial charge < -0.3 is 0 Å². The third kappa shape index (κ3) is 3.52. The Kier molecular flexibility index (Phi) is 3.10. The summed E-state index contributed by atoms with van der Waals surface area (Å²) in [7, 11) is -1.24. The fourth-order valence-electron chi connectivity index (χ4n) is 0.561. The molecule has 1 aromatic rings. The third-order valence-corrected chi connectivity index (χ3v) is 3.28. The monoisotopic (exact) mass is 259 g/mol. The van der Waals surface area contributed by atoms with Crippen molar-refractivity contribution in [3.63, 3.8) is 0 Å². The van der Waals surface area contributed by atoms with Crippen molar-refractivity contribution >= 4 is 35.3 Å². The van der Waals surface area contributed by atoms with Crippen LogP contribution in [0.3, 0.4) is 0 Å². The van der Waals surface area contributed by atoms with Gasteiger partial charge in [-0.25, -0.2) is 4.98 Å². The molecule has 0 saturated carbocycles. The van der Waals surface area contributed by atoms with E-state index in [-0.39, 0.29) is 0 Å². The van der Waals surface area contributed by atoms with Crippen LogP contribution in [0.2, 0.25) is 19.6 Å². The lowest BCUT2D eigenvalue weighted by Crippen LogP contribution is -2.16. The molecular weight excluding hydrogens is 250 g/mol. The smallest absolute Gasteiger partial charge is 0.160 e. The second-order valence-electron chi connectivity index (χ2n) is 3.49. The molecule has 12 heavy (non-hydrogen) atoms. The molecular formula is C8H10BrNSSi. The number of nitrogens with zero attached hydrogens (tertiary/aromatic N) is 1. The van der Waals surface area contributed by atoms with Crippen molar-refractivity contribution in [2.24, 2.45) is 0 Å². The Morgan fingerprint density at radius 3 is 2.58 bits per heavy atom. The van der Waals surface area contributed by atoms with Gasteiger partial charge >= 0.3 is 0 Å². The van der Waals surface area contributed by atoms with Gasteiger partial charge in [-0.3, -0.25) is 0 Å². The Morgan fingerprint density at radius 2 is 2.17 bits per heavy atom. The summed E-state index contributed by atoms with van der Waals surface area (Å²) in [5, 5.41) is 1.97. The first-order valence-corrected chi connectivity index (χ1v) is 8.79. The maximum Gasteiger partial charge on any atom is 0.160 e. The van der Waals surface area contributed by atoms with E-state index >= 15 is 0 Å². The highest BCUT2D eigenvalue weighted by Gasteiger charge is 2.07. The van der Waals surface area contributed by atoms with Crippen molar-refractivity contribution in [1.82, 2.24) is 4.98 Å². The van der Waals surface area contributed by atoms with E-state index in [0.717, 1.165) is 9.61 Å². The summed E-state index contributed by atoms with van der Waals surface area (Å²) in [4.78, 5) is 4.20. The van der Waals surface area contributed by atoms with Crippen LogP contribution >= 0.6 is 27.3 Å². The van der Waals surface area contributed by atoms with Gasteiger partial charge in [0.15, 0.2) is 3.92 Å². The van der Waals surface area contributed by atoms with Crippen LogP contribution in [-0.2, 0) is 0 Å². The second-order valence-corrected chi connectivity index (χ2v) is 10.4. The number of aromatic nitrogens is 1. The molecule has 0 fully saturated rings. The van der Waals surface area contributed by atoms with Gasteiger partial charge in [0.05, 0.1) is 0 Å². The van der Waals surface area contributed by atoms with Crippen molar-refractivity contribution in [1.29, 1.82) is 0 Å². The van der Waals surface area contributed by atoms with Crippen molar-refractivity contribution < 1.29 is 0 Å². The predicted octanol–water partition coefficient (Wildman–Crippen LogP) is 3.13. The number of hydrogen-bond acceptors (Lipinski definition) is 2. The fourth-order valence-corrected chi connectivity index (χ4v) is 2.01. The molecule has 1 nitrogen and oxygen atoms in total. The van der Waals surface area contributed by atoms with Gasteiger partial charge in [-0.15, -0.1) is 16.9 Å². The summed E-state index contributed by atoms with van der Waals surface area (Å²) in [5.74, 6) is 3.09. The van der Waals surface area contributed by atoms with Gasteiger partial charge in [0.25, 0.3) is 0 Å². The van der Waals surface area contributed by atoms with Crippen LogP contribution in [0, 0.1) is 11.5 Å². The molecule has 1 heterocycles. The first kappa shape index (κ1) is 9.97. The van der Waals surface area contributed by atoms with Crippen LogP contribution < -0.4 is 0 Å². The maximum atomic E-state index is 4.20. The molecule has 0 aliphatic rings. The van der Waals surface area contributed by atoms with Crippen LogP contribution in [0.15, 0.2) is 9.30 Å². The van der Waals surface area contributed by atoms with E-state index in [2.05, 4.69) is 52.0 Å². The number of halogens is 1. The van der Waals surface area contributed by atoms with Gasteiger partial charge in [-0.1, -0.05) is 25.6 Å². The van der Waals surface area contributed by atoms with Gasteiger partial charge in [0.1, 0.15) is 13.8 Å². The summed E-state index contributed by atoms with van der Waals surface area (Å²) in [6, 6.07) is 0. The van der Waals surface area contributed by atoms with Crippen LogP contribution in [0.25, 0.3) is 0 Å². The predicted molar refractivity (Wildman–Crippen MR) is 60.0 cm³/mol. The van der Waals surface area contributed by atoms with Gasteiger partial charge in [-0.2, -0.15) is 0 Å². The quantitative estimate of drug-likeness (QED) is 0.516. The molecule has 0 unspecified atom stereocenters. The Bertz CT molecular complexity index is 329. The zero-order chi connectivity index (χ0) is 9.19. The maximum absolute atomic E-state index is 4.20. The summed E-state index contributed by atoms with van der Waals surface area (Å²) >= 11 is 4.88. The number of rotatable bonds is 0. The molecule has 4 heteroatoms. The Labute approximate surface area is 86.4 Å². The molecule has 0 amide bonds. The average Bonchev–Trinajstić information content (AvgIpc) is 2.30. The fraction of sp³-hybridized carbons (Fsp3) is 0.375. The molecule has 1 rings (SSSR count). The topological polar surface area (TPSA) is 12.9 Å². The number of hydrogen-bond donors (Lipinski definition) is 0. The normalized spacial score (nSPS) is 10.7. The lowest BCUT2D eigenvalue weighted by atomic mass is 10.5. The molecule has 0 spiro atoms. The molecule has 0 atom stereocenters. The first-order valence-electron chi connectivity index (χ1n) is 3.61. The zero-order valence-electron chi connectivity index (χ0n) is 7.31. The van der Waals surface area contributed by atoms with Crippen LogP contribution in [0.4, 0.5) is 0 Å². The van der Waals surface area contributed by atoms with Crippen molar-refractivity contribution in [2.75, 3.05) is 0 Å². The molecule has 0 aliphatic heterocycles. The van der Waals surface area contributed by atoms with E-state index in [4.69, 9.17) is 0 Å². The molecule has 0 radical (unpaired) electrons. The molecule has 0 N–H and O–H groups in total. The van der Waals surface area contributed by atoms with Crippen LogP contribution in [-0.4, -0.2) is 13.1 Å². The summed E-state index contributed by atoms with van der Waals surface area (Å²) < 4.78 is 0.905. The third-order valence-electron chi connectivity index (χ3n) is 1.04. The average molecular weight is 260 g/mol. The molecule has 1 aromatic heterocycles. The van der Waals surface area contributed by atoms with E-state index in [9.17, 15) is 0 Å². The highest BCUT2D eigenvalue weighted by atomic mass is 79.9. The van der Waals surface area contributed by atoms with E-state index in [1.807, 2.05) is 5.38 Å². The first-order chi connectivity index (χ1) is 5.47. The van der Waals surface area contributed by atoms with Gasteiger partial charge in [0, 0.05) is 5.38 Å². The summed E-state index contributed by atoms with van der Waals surface area (Å²) in [6.07, 6.45) is 0. The Morgan fingerprint density at radius 1 is 1.50 bits per heavy atom. The minimum absolute atomic E-state index is 0.884. The van der Waals surface area contributed by atoms with E-state index in [1.165, 1.54) is 0 Å². The summed E-state index contributed by atoms with van der Waals surface area (Å²) in [6.45, 7) is 6.67. The minimum Gasteiger partial charge on any atom is -0.221 e. The van der Waals surface area contributed by atoms with E-state index < -0.39 is 8.07 Å². The Balaban J connectivity index is 2.80. The largest absolute Gasteiger partial charge is 0.221 e. The van der Waals surface area contributed by atoms with E-state index in [1.54, 1.807) is 11.3 Å². The van der Waals surface area contributed by atoms with Gasteiger partial charge in [-0.05, 0) is 15.9 Å². The lowest BCUT2D eigenvalue weighted by molar-refractivity contribution is 1.34.